The van der Waals surface area contributed by atoms with Gasteiger partial charge in [0.25, 0.3) is 0 Å². The summed E-state index contributed by atoms with van der Waals surface area (Å²) in [6, 6.07) is 6.78. The summed E-state index contributed by atoms with van der Waals surface area (Å²) >= 11 is 6.38. The fraction of sp³-hybridized carbons (Fsp3) is 0.625. The van der Waals surface area contributed by atoms with Gasteiger partial charge in [0.05, 0.1) is 10.7 Å². The molecule has 1 aliphatic heterocycles. The van der Waals surface area contributed by atoms with Crippen LogP contribution in [-0.2, 0) is 0 Å². The lowest BCUT2D eigenvalue weighted by atomic mass is 9.86. The zero-order valence-electron chi connectivity index (χ0n) is 12.5. The minimum Gasteiger partial charge on any atom is -0.369 e. The molecule has 2 rings (SSSR count). The fourth-order valence-corrected chi connectivity index (χ4v) is 2.82. The Hall–Kier alpha value is -0.730. The molecule has 1 aromatic carbocycles. The van der Waals surface area contributed by atoms with Gasteiger partial charge < -0.3 is 10.2 Å². The standard InChI is InChI=1S/C16H25ClN2/c1-12-6-7-13(17)14(10-12)19-9-5-8-18-15(11-19)16(2,3)4/h6-7,10,15,18H,5,8-9,11H2,1-4H3. The Kier molecular flexibility index (Phi) is 4.42. The topological polar surface area (TPSA) is 15.3 Å². The van der Waals surface area contributed by atoms with Crippen LogP contribution in [0.4, 0.5) is 5.69 Å². The highest BCUT2D eigenvalue weighted by Crippen LogP contribution is 2.30. The van der Waals surface area contributed by atoms with E-state index in [1.165, 1.54) is 11.3 Å². The van der Waals surface area contributed by atoms with Crippen LogP contribution in [-0.4, -0.2) is 25.7 Å². The predicted octanol–water partition coefficient (Wildman–Crippen LogP) is 3.86. The van der Waals surface area contributed by atoms with Crippen LogP contribution in [0.3, 0.4) is 0 Å². The van der Waals surface area contributed by atoms with Crippen molar-refractivity contribution in [2.45, 2.75) is 40.2 Å². The third-order valence-electron chi connectivity index (χ3n) is 3.89. The van der Waals surface area contributed by atoms with Gasteiger partial charge in [-0.1, -0.05) is 38.4 Å². The molecule has 0 bridgehead atoms. The van der Waals surface area contributed by atoms with Crippen molar-refractivity contribution in [2.75, 3.05) is 24.5 Å². The van der Waals surface area contributed by atoms with Gasteiger partial charge in [-0.2, -0.15) is 0 Å². The Bertz CT molecular complexity index is 437. The molecule has 1 aliphatic rings. The Morgan fingerprint density at radius 3 is 2.74 bits per heavy atom. The summed E-state index contributed by atoms with van der Waals surface area (Å²) in [5.41, 5.74) is 2.71. The number of rotatable bonds is 1. The third-order valence-corrected chi connectivity index (χ3v) is 4.21. The van der Waals surface area contributed by atoms with Crippen molar-refractivity contribution < 1.29 is 0 Å². The van der Waals surface area contributed by atoms with Gasteiger partial charge in [0.1, 0.15) is 0 Å². The molecule has 3 heteroatoms. The SMILES string of the molecule is Cc1ccc(Cl)c(N2CCCNC(C(C)(C)C)C2)c1. The van der Waals surface area contributed by atoms with Gasteiger partial charge in [0.2, 0.25) is 0 Å². The molecule has 0 saturated carbocycles. The first-order valence-corrected chi connectivity index (χ1v) is 7.50. The molecule has 1 atom stereocenters. The third kappa shape index (κ3) is 3.64. The molecule has 1 fully saturated rings. The second-order valence-corrected chi connectivity index (χ2v) is 7.03. The van der Waals surface area contributed by atoms with E-state index in [9.17, 15) is 0 Å². The highest BCUT2D eigenvalue weighted by molar-refractivity contribution is 6.33. The summed E-state index contributed by atoms with van der Waals surface area (Å²) in [6.07, 6.45) is 1.16. The van der Waals surface area contributed by atoms with Crippen LogP contribution in [0.15, 0.2) is 18.2 Å². The maximum absolute atomic E-state index is 6.38. The van der Waals surface area contributed by atoms with Crippen molar-refractivity contribution in [2.24, 2.45) is 5.41 Å². The second-order valence-electron chi connectivity index (χ2n) is 6.63. The van der Waals surface area contributed by atoms with E-state index in [-0.39, 0.29) is 5.41 Å². The van der Waals surface area contributed by atoms with E-state index in [1.54, 1.807) is 0 Å². The lowest BCUT2D eigenvalue weighted by Crippen LogP contribution is -2.46. The molecule has 1 heterocycles. The van der Waals surface area contributed by atoms with E-state index in [0.29, 0.717) is 6.04 Å². The van der Waals surface area contributed by atoms with Crippen molar-refractivity contribution >= 4 is 17.3 Å². The number of aryl methyl sites for hydroxylation is 1. The predicted molar refractivity (Wildman–Crippen MR) is 84.3 cm³/mol. The molecule has 1 aromatic rings. The van der Waals surface area contributed by atoms with Crippen molar-refractivity contribution in [3.05, 3.63) is 28.8 Å². The molecule has 106 valence electrons. The van der Waals surface area contributed by atoms with E-state index in [4.69, 9.17) is 11.6 Å². The number of hydrogen-bond donors (Lipinski definition) is 1. The van der Waals surface area contributed by atoms with Crippen LogP contribution in [0.25, 0.3) is 0 Å². The van der Waals surface area contributed by atoms with Crippen molar-refractivity contribution in [1.29, 1.82) is 0 Å². The number of nitrogens with zero attached hydrogens (tertiary/aromatic N) is 1. The summed E-state index contributed by atoms with van der Waals surface area (Å²) in [6.45, 7) is 12.2. The molecule has 2 nitrogen and oxygen atoms in total. The monoisotopic (exact) mass is 280 g/mol. The Morgan fingerprint density at radius 2 is 2.05 bits per heavy atom. The minimum absolute atomic E-state index is 0.263. The Labute approximate surface area is 122 Å². The van der Waals surface area contributed by atoms with Crippen LogP contribution < -0.4 is 10.2 Å². The lowest BCUT2D eigenvalue weighted by molar-refractivity contribution is 0.280. The van der Waals surface area contributed by atoms with Crippen LogP contribution in [0, 0.1) is 12.3 Å². The second kappa shape index (κ2) is 5.72. The first-order chi connectivity index (χ1) is 8.88. The summed E-state index contributed by atoms with van der Waals surface area (Å²) in [4.78, 5) is 2.44. The van der Waals surface area contributed by atoms with Crippen molar-refractivity contribution in [3.63, 3.8) is 0 Å². The number of benzene rings is 1. The minimum atomic E-state index is 0.263. The highest BCUT2D eigenvalue weighted by atomic mass is 35.5. The summed E-state index contributed by atoms with van der Waals surface area (Å²) in [7, 11) is 0. The fourth-order valence-electron chi connectivity index (χ4n) is 2.59. The van der Waals surface area contributed by atoms with Gasteiger partial charge in [-0.25, -0.2) is 0 Å². The molecule has 1 N–H and O–H groups in total. The molecule has 0 amide bonds. The van der Waals surface area contributed by atoms with Gasteiger partial charge in [-0.3, -0.25) is 0 Å². The van der Waals surface area contributed by atoms with E-state index in [2.05, 4.69) is 50.0 Å². The van der Waals surface area contributed by atoms with Gasteiger partial charge in [-0.05, 0) is 43.0 Å². The number of halogens is 1. The normalized spacial score (nSPS) is 21.3. The Balaban J connectivity index is 2.25. The molecule has 0 aromatic heterocycles. The van der Waals surface area contributed by atoms with E-state index in [1.807, 2.05) is 6.07 Å². The zero-order valence-corrected chi connectivity index (χ0v) is 13.2. The molecular formula is C16H25ClN2. The van der Waals surface area contributed by atoms with E-state index >= 15 is 0 Å². The van der Waals surface area contributed by atoms with Gasteiger partial charge >= 0.3 is 0 Å². The molecule has 0 spiro atoms. The molecular weight excluding hydrogens is 256 g/mol. The highest BCUT2D eigenvalue weighted by Gasteiger charge is 2.28. The molecule has 0 radical (unpaired) electrons. The number of hydrogen-bond acceptors (Lipinski definition) is 2. The smallest absolute Gasteiger partial charge is 0.0639 e. The average molecular weight is 281 g/mol. The first kappa shape index (κ1) is 14.7. The van der Waals surface area contributed by atoms with Crippen LogP contribution in [0.5, 0.6) is 0 Å². The molecule has 19 heavy (non-hydrogen) atoms. The largest absolute Gasteiger partial charge is 0.369 e. The van der Waals surface area contributed by atoms with Crippen molar-refractivity contribution in [1.82, 2.24) is 5.32 Å². The van der Waals surface area contributed by atoms with Crippen LogP contribution in [0.2, 0.25) is 5.02 Å². The molecule has 1 saturated heterocycles. The first-order valence-electron chi connectivity index (χ1n) is 7.12. The summed E-state index contributed by atoms with van der Waals surface area (Å²) in [5.74, 6) is 0. The maximum Gasteiger partial charge on any atom is 0.0639 e. The number of anilines is 1. The van der Waals surface area contributed by atoms with E-state index in [0.717, 1.165) is 31.1 Å². The van der Waals surface area contributed by atoms with Crippen molar-refractivity contribution in [3.8, 4) is 0 Å². The summed E-state index contributed by atoms with van der Waals surface area (Å²) < 4.78 is 0. The molecule has 0 aliphatic carbocycles. The lowest BCUT2D eigenvalue weighted by Gasteiger charge is -2.35. The zero-order chi connectivity index (χ0) is 14.0. The van der Waals surface area contributed by atoms with Gasteiger partial charge in [0, 0.05) is 19.1 Å². The maximum atomic E-state index is 6.38. The van der Waals surface area contributed by atoms with E-state index < -0.39 is 0 Å². The summed E-state index contributed by atoms with van der Waals surface area (Å²) in [5, 5.41) is 4.53. The average Bonchev–Trinajstić information content (AvgIpc) is 2.57. The van der Waals surface area contributed by atoms with Gasteiger partial charge in [0.15, 0.2) is 0 Å². The van der Waals surface area contributed by atoms with Crippen LogP contribution in [0.1, 0.15) is 32.8 Å². The Morgan fingerprint density at radius 1 is 1.32 bits per heavy atom. The molecule has 1 unspecified atom stereocenters. The number of nitrogens with one attached hydrogen (secondary N) is 1. The quantitative estimate of drug-likeness (QED) is 0.840. The van der Waals surface area contributed by atoms with Crippen LogP contribution >= 0.6 is 11.6 Å². The van der Waals surface area contributed by atoms with Gasteiger partial charge in [-0.15, -0.1) is 0 Å².